The van der Waals surface area contributed by atoms with E-state index in [-0.39, 0.29) is 0 Å². The topological polar surface area (TPSA) is 45.9 Å². The Hall–Kier alpha value is -1.40. The van der Waals surface area contributed by atoms with E-state index in [4.69, 9.17) is 4.74 Å². The first-order chi connectivity index (χ1) is 6.87. The lowest BCUT2D eigenvalue weighted by Crippen LogP contribution is -2.35. The minimum absolute atomic E-state index is 0.473. The van der Waals surface area contributed by atoms with Gasteiger partial charge in [0.05, 0.1) is 18.4 Å². The van der Waals surface area contributed by atoms with Gasteiger partial charge in [0, 0.05) is 12.8 Å². The second-order valence-electron chi connectivity index (χ2n) is 3.57. The molecule has 14 heavy (non-hydrogen) atoms. The second-order valence-corrected chi connectivity index (χ2v) is 3.57. The Morgan fingerprint density at radius 2 is 2.43 bits per heavy atom. The molecule has 1 atom stereocenters. The van der Waals surface area contributed by atoms with Crippen LogP contribution < -0.4 is 0 Å². The van der Waals surface area contributed by atoms with E-state index in [1.165, 1.54) is 0 Å². The molecule has 0 radical (unpaired) electrons. The molecule has 1 aliphatic rings. The van der Waals surface area contributed by atoms with Crippen LogP contribution in [-0.4, -0.2) is 18.2 Å². The molecule has 1 aromatic rings. The minimum Gasteiger partial charge on any atom is -0.379 e. The molecule has 1 fully saturated rings. The zero-order valence-electron chi connectivity index (χ0n) is 7.94. The van der Waals surface area contributed by atoms with Crippen molar-refractivity contribution in [2.24, 2.45) is 0 Å². The Balaban J connectivity index is 2.33. The third kappa shape index (κ3) is 1.49. The van der Waals surface area contributed by atoms with E-state index in [0.717, 1.165) is 25.1 Å². The number of aromatic nitrogens is 1. The Morgan fingerprint density at radius 1 is 1.50 bits per heavy atom. The fourth-order valence-electron chi connectivity index (χ4n) is 1.79. The molecule has 1 saturated heterocycles. The second kappa shape index (κ2) is 3.77. The molecule has 0 bridgehead atoms. The average molecular weight is 188 g/mol. The Kier molecular flexibility index (Phi) is 2.47. The van der Waals surface area contributed by atoms with Crippen LogP contribution >= 0.6 is 0 Å². The largest absolute Gasteiger partial charge is 0.379 e. The van der Waals surface area contributed by atoms with E-state index >= 15 is 0 Å². The van der Waals surface area contributed by atoms with Crippen molar-refractivity contribution < 1.29 is 4.74 Å². The number of rotatable bonds is 1. The van der Waals surface area contributed by atoms with Gasteiger partial charge in [-0.05, 0) is 25.0 Å². The van der Waals surface area contributed by atoms with Crippen LogP contribution in [0.5, 0.6) is 0 Å². The van der Waals surface area contributed by atoms with Gasteiger partial charge in [-0.1, -0.05) is 6.07 Å². The van der Waals surface area contributed by atoms with E-state index in [0.29, 0.717) is 6.61 Å². The molecule has 3 nitrogen and oxygen atoms in total. The molecule has 1 unspecified atom stereocenters. The first-order valence-electron chi connectivity index (χ1n) is 4.78. The van der Waals surface area contributed by atoms with Gasteiger partial charge in [0.2, 0.25) is 0 Å². The van der Waals surface area contributed by atoms with Crippen LogP contribution in [0.4, 0.5) is 0 Å². The van der Waals surface area contributed by atoms with Crippen LogP contribution in [-0.2, 0) is 10.2 Å². The summed E-state index contributed by atoms with van der Waals surface area (Å²) < 4.78 is 5.37. The molecule has 1 aromatic heterocycles. The molecular weight excluding hydrogens is 176 g/mol. The standard InChI is InChI=1S/C11H12N2O/c12-8-11(5-3-7-14-9-11)10-4-1-2-6-13-10/h1-2,4,6H,3,5,7,9H2. The van der Waals surface area contributed by atoms with Crippen LogP contribution in [0.25, 0.3) is 0 Å². The third-order valence-corrected chi connectivity index (χ3v) is 2.61. The number of pyridine rings is 1. The molecule has 0 saturated carbocycles. The summed E-state index contributed by atoms with van der Waals surface area (Å²) in [6.45, 7) is 1.23. The third-order valence-electron chi connectivity index (χ3n) is 2.61. The summed E-state index contributed by atoms with van der Waals surface area (Å²) in [4.78, 5) is 4.24. The van der Waals surface area contributed by atoms with Gasteiger partial charge in [-0.2, -0.15) is 5.26 Å². The monoisotopic (exact) mass is 188 g/mol. The quantitative estimate of drug-likeness (QED) is 0.673. The first kappa shape index (κ1) is 9.17. The van der Waals surface area contributed by atoms with E-state index < -0.39 is 5.41 Å². The van der Waals surface area contributed by atoms with E-state index in [1.54, 1.807) is 6.20 Å². The fraction of sp³-hybridized carbons (Fsp3) is 0.455. The Morgan fingerprint density at radius 3 is 3.00 bits per heavy atom. The zero-order valence-corrected chi connectivity index (χ0v) is 7.94. The van der Waals surface area contributed by atoms with Crippen LogP contribution in [0, 0.1) is 11.3 Å². The molecule has 2 rings (SSSR count). The minimum atomic E-state index is -0.514. The molecule has 1 aliphatic heterocycles. The van der Waals surface area contributed by atoms with Gasteiger partial charge >= 0.3 is 0 Å². The molecule has 72 valence electrons. The summed E-state index contributed by atoms with van der Waals surface area (Å²) in [7, 11) is 0. The number of hydrogen-bond donors (Lipinski definition) is 0. The number of ether oxygens (including phenoxy) is 1. The fourth-order valence-corrected chi connectivity index (χ4v) is 1.79. The van der Waals surface area contributed by atoms with E-state index in [9.17, 15) is 5.26 Å². The lowest BCUT2D eigenvalue weighted by molar-refractivity contribution is 0.0548. The molecule has 0 amide bonds. The van der Waals surface area contributed by atoms with Crippen molar-refractivity contribution in [1.82, 2.24) is 4.98 Å². The van der Waals surface area contributed by atoms with E-state index in [2.05, 4.69) is 11.1 Å². The summed E-state index contributed by atoms with van der Waals surface area (Å²) in [5, 5.41) is 9.22. The van der Waals surface area contributed by atoms with Gasteiger partial charge in [0.15, 0.2) is 0 Å². The molecule has 2 heterocycles. The van der Waals surface area contributed by atoms with Crippen LogP contribution in [0.2, 0.25) is 0 Å². The van der Waals surface area contributed by atoms with E-state index in [1.807, 2.05) is 18.2 Å². The summed E-state index contributed by atoms with van der Waals surface area (Å²) in [6, 6.07) is 8.02. The van der Waals surface area contributed by atoms with Crippen molar-refractivity contribution in [2.45, 2.75) is 18.3 Å². The Bertz CT molecular complexity index is 336. The van der Waals surface area contributed by atoms with Crippen molar-refractivity contribution in [3.05, 3.63) is 30.1 Å². The van der Waals surface area contributed by atoms with Crippen LogP contribution in [0.3, 0.4) is 0 Å². The summed E-state index contributed by atoms with van der Waals surface area (Å²) in [5.74, 6) is 0. The highest BCUT2D eigenvalue weighted by Gasteiger charge is 2.36. The highest BCUT2D eigenvalue weighted by Crippen LogP contribution is 2.30. The zero-order chi connectivity index (χ0) is 9.86. The van der Waals surface area contributed by atoms with Gasteiger partial charge < -0.3 is 4.74 Å². The predicted molar refractivity (Wildman–Crippen MR) is 51.6 cm³/mol. The lowest BCUT2D eigenvalue weighted by Gasteiger charge is -2.29. The first-order valence-corrected chi connectivity index (χ1v) is 4.78. The van der Waals surface area contributed by atoms with Crippen LogP contribution in [0.1, 0.15) is 18.5 Å². The predicted octanol–water partition coefficient (Wildman–Crippen LogP) is 1.65. The van der Waals surface area contributed by atoms with Gasteiger partial charge in [0.1, 0.15) is 5.41 Å². The van der Waals surface area contributed by atoms with Crippen molar-refractivity contribution in [3.63, 3.8) is 0 Å². The maximum Gasteiger partial charge on any atom is 0.122 e. The van der Waals surface area contributed by atoms with Crippen molar-refractivity contribution in [1.29, 1.82) is 5.26 Å². The lowest BCUT2D eigenvalue weighted by atomic mass is 9.80. The highest BCUT2D eigenvalue weighted by molar-refractivity contribution is 5.26. The van der Waals surface area contributed by atoms with Gasteiger partial charge in [-0.3, -0.25) is 4.98 Å². The van der Waals surface area contributed by atoms with Crippen molar-refractivity contribution in [2.75, 3.05) is 13.2 Å². The maximum atomic E-state index is 9.22. The number of nitriles is 1. The Labute approximate surface area is 83.3 Å². The SMILES string of the molecule is N#CC1(c2ccccn2)CCCOC1. The van der Waals surface area contributed by atoms with Gasteiger partial charge in [0.25, 0.3) is 0 Å². The number of hydrogen-bond acceptors (Lipinski definition) is 3. The summed E-state index contributed by atoms with van der Waals surface area (Å²) >= 11 is 0. The number of nitrogens with zero attached hydrogens (tertiary/aromatic N) is 2. The summed E-state index contributed by atoms with van der Waals surface area (Å²) in [5.41, 5.74) is 0.321. The van der Waals surface area contributed by atoms with Gasteiger partial charge in [-0.25, -0.2) is 0 Å². The van der Waals surface area contributed by atoms with Crippen LogP contribution in [0.15, 0.2) is 24.4 Å². The smallest absolute Gasteiger partial charge is 0.122 e. The normalized spacial score (nSPS) is 26.8. The molecule has 3 heteroatoms. The maximum absolute atomic E-state index is 9.22. The molecular formula is C11H12N2O. The van der Waals surface area contributed by atoms with Crippen molar-refractivity contribution >= 4 is 0 Å². The molecule has 0 N–H and O–H groups in total. The highest BCUT2D eigenvalue weighted by atomic mass is 16.5. The average Bonchev–Trinajstić information content (AvgIpc) is 2.31. The molecule has 0 spiro atoms. The molecule has 0 aliphatic carbocycles. The van der Waals surface area contributed by atoms with Gasteiger partial charge in [-0.15, -0.1) is 0 Å². The summed E-state index contributed by atoms with van der Waals surface area (Å²) in [6.07, 6.45) is 3.51. The van der Waals surface area contributed by atoms with Crippen molar-refractivity contribution in [3.8, 4) is 6.07 Å². The molecule has 0 aromatic carbocycles.